The smallest absolute Gasteiger partial charge is 0.191 e. The summed E-state index contributed by atoms with van der Waals surface area (Å²) in [4.78, 5) is 12.9. The van der Waals surface area contributed by atoms with Crippen molar-refractivity contribution in [2.45, 2.75) is 130 Å². The second-order valence-corrected chi connectivity index (χ2v) is 22.6. The number of benzene rings is 2. The van der Waals surface area contributed by atoms with Crippen LogP contribution in [0, 0.1) is 41.4 Å². The van der Waals surface area contributed by atoms with Crippen LogP contribution in [0.2, 0.25) is 18.1 Å². The molecule has 292 valence electrons. The molecule has 52 heavy (non-hydrogen) atoms. The zero-order valence-corrected chi connectivity index (χ0v) is 33.6. The van der Waals surface area contributed by atoms with Gasteiger partial charge in [0.2, 0.25) is 0 Å². The Balaban J connectivity index is 0.000000236. The van der Waals surface area contributed by atoms with Crippen molar-refractivity contribution in [2.24, 2.45) is 41.4 Å². The van der Waals surface area contributed by atoms with Crippen LogP contribution < -0.4 is 9.47 Å². The molecule has 4 aliphatic carbocycles. The normalized spacial score (nSPS) is 27.5. The molecular weight excluding hydrogens is 669 g/mol. The van der Waals surface area contributed by atoms with Gasteiger partial charge in [-0.3, -0.25) is 4.79 Å². The molecule has 0 bridgehead atoms. The third-order valence-electron chi connectivity index (χ3n) is 13.5. The molecule has 6 rings (SSSR count). The highest BCUT2D eigenvalue weighted by atomic mass is 28.4. The van der Waals surface area contributed by atoms with Gasteiger partial charge in [-0.15, -0.1) is 0 Å². The Morgan fingerprint density at radius 1 is 0.846 bits per heavy atom. The fraction of sp³-hybridized carbons (Fsp3) is 0.705. The van der Waals surface area contributed by atoms with Crippen molar-refractivity contribution in [1.82, 2.24) is 0 Å². The SMILES string of the molecule is C.COc1cccc2c1C[C@H]1CC(=O)C(CC[C@@H](C)CO[Si](C)(C)C(C)(C)C)[C@H]1C2.COc1cccc2c1C[C@H]1C[C@@H](O)[C@H](CC[C@@H](O)CO)[C@H]1C2. The maximum absolute atomic E-state index is 12.9. The zero-order valence-electron chi connectivity index (χ0n) is 32.6. The van der Waals surface area contributed by atoms with Crippen LogP contribution in [0.4, 0.5) is 0 Å². The molecule has 2 aromatic carbocycles. The van der Waals surface area contributed by atoms with Gasteiger partial charge in [0.25, 0.3) is 0 Å². The number of rotatable bonds is 12. The van der Waals surface area contributed by atoms with Crippen molar-refractivity contribution in [3.63, 3.8) is 0 Å². The molecule has 0 radical (unpaired) electrons. The molecule has 0 amide bonds. The third-order valence-corrected chi connectivity index (χ3v) is 18.0. The molecule has 4 aliphatic rings. The monoisotopic (exact) mass is 738 g/mol. The lowest BCUT2D eigenvalue weighted by atomic mass is 9.73. The van der Waals surface area contributed by atoms with Gasteiger partial charge in [0.05, 0.1) is 33.0 Å². The molecule has 0 aromatic heterocycles. The van der Waals surface area contributed by atoms with Gasteiger partial charge in [0, 0.05) is 18.9 Å². The van der Waals surface area contributed by atoms with E-state index in [-0.39, 0.29) is 37.0 Å². The molecule has 2 saturated carbocycles. The summed E-state index contributed by atoms with van der Waals surface area (Å²) in [6, 6.07) is 12.6. The van der Waals surface area contributed by atoms with Crippen molar-refractivity contribution in [3.8, 4) is 11.5 Å². The van der Waals surface area contributed by atoms with Gasteiger partial charge in [0.1, 0.15) is 17.3 Å². The molecule has 0 aliphatic heterocycles. The Hall–Kier alpha value is -2.23. The largest absolute Gasteiger partial charge is 0.496 e. The molecule has 9 atom stereocenters. The summed E-state index contributed by atoms with van der Waals surface area (Å²) >= 11 is 0. The van der Waals surface area contributed by atoms with E-state index in [1.165, 1.54) is 22.3 Å². The predicted molar refractivity (Wildman–Crippen MR) is 213 cm³/mol. The summed E-state index contributed by atoms with van der Waals surface area (Å²) < 4.78 is 17.5. The van der Waals surface area contributed by atoms with Crippen LogP contribution in [0.1, 0.15) is 95.9 Å². The summed E-state index contributed by atoms with van der Waals surface area (Å²) in [6.07, 6.45) is 8.05. The van der Waals surface area contributed by atoms with Crippen molar-refractivity contribution in [3.05, 3.63) is 58.7 Å². The lowest BCUT2D eigenvalue weighted by Gasteiger charge is -2.37. The molecular formula is C44H70O7Si. The number of carbonyl (C=O) groups is 1. The number of aliphatic hydroxyl groups excluding tert-OH is 3. The first-order chi connectivity index (χ1) is 24.2. The Labute approximate surface area is 316 Å². The number of ether oxygens (including phenoxy) is 2. The van der Waals surface area contributed by atoms with E-state index in [4.69, 9.17) is 19.0 Å². The minimum absolute atomic E-state index is 0. The van der Waals surface area contributed by atoms with Crippen LogP contribution in [-0.4, -0.2) is 69.1 Å². The fourth-order valence-corrected chi connectivity index (χ4v) is 10.5. The quantitative estimate of drug-likeness (QED) is 0.189. The fourth-order valence-electron chi connectivity index (χ4n) is 9.36. The van der Waals surface area contributed by atoms with E-state index >= 15 is 0 Å². The van der Waals surface area contributed by atoms with Gasteiger partial charge in [0.15, 0.2) is 8.32 Å². The number of carbonyl (C=O) groups excluding carboxylic acids is 1. The minimum Gasteiger partial charge on any atom is -0.496 e. The van der Waals surface area contributed by atoms with Crippen molar-refractivity contribution in [1.29, 1.82) is 0 Å². The van der Waals surface area contributed by atoms with E-state index in [0.29, 0.717) is 41.8 Å². The van der Waals surface area contributed by atoms with Crippen molar-refractivity contribution >= 4 is 14.1 Å². The van der Waals surface area contributed by atoms with Gasteiger partial charge >= 0.3 is 0 Å². The molecule has 8 heteroatoms. The molecule has 0 saturated heterocycles. The van der Waals surface area contributed by atoms with Crippen molar-refractivity contribution in [2.75, 3.05) is 27.4 Å². The predicted octanol–water partition coefficient (Wildman–Crippen LogP) is 8.23. The highest BCUT2D eigenvalue weighted by Gasteiger charge is 2.46. The maximum atomic E-state index is 12.9. The first-order valence-corrected chi connectivity index (χ1v) is 22.5. The zero-order chi connectivity index (χ0) is 37.1. The van der Waals surface area contributed by atoms with Gasteiger partial charge in [-0.1, -0.05) is 59.4 Å². The lowest BCUT2D eigenvalue weighted by Crippen LogP contribution is -2.41. The topological polar surface area (TPSA) is 105 Å². The highest BCUT2D eigenvalue weighted by Crippen LogP contribution is 2.49. The van der Waals surface area contributed by atoms with E-state index < -0.39 is 14.4 Å². The number of aliphatic hydroxyl groups is 3. The van der Waals surface area contributed by atoms with Gasteiger partial charge in [-0.05, 0) is 146 Å². The van der Waals surface area contributed by atoms with Gasteiger partial charge < -0.3 is 29.2 Å². The van der Waals surface area contributed by atoms with Crippen LogP contribution in [0.15, 0.2) is 36.4 Å². The number of methoxy groups -OCH3 is 2. The number of Topliss-reactive ketones (excluding diaryl/α,β-unsaturated/α-hetero) is 1. The first-order valence-electron chi connectivity index (χ1n) is 19.6. The third kappa shape index (κ3) is 9.52. The number of fused-ring (bicyclic) bond motifs is 4. The van der Waals surface area contributed by atoms with Crippen LogP contribution in [-0.2, 0) is 34.9 Å². The van der Waals surface area contributed by atoms with Gasteiger partial charge in [-0.25, -0.2) is 0 Å². The highest BCUT2D eigenvalue weighted by molar-refractivity contribution is 6.74. The standard InChI is InChI=1S/C25H40O3Si.C18H26O4.CH4/c1-17(16-28-29(6,7)25(2,3)4)11-12-20-21-13-18-9-8-10-24(27-5)22(18)14-19(21)15-23(20)26;1-22-18-4-2-3-11-7-15-12(8-16(11)18)9-17(21)14(15)6-5-13(20)10-19;/h8-10,17,19-21H,11-16H2,1-7H3;2-4,12-15,17,19-21H,5-10H2,1H3;1H4/t17-,19+,20?,21+;12-,13+,14+,15-,17+;/m10./s1. The van der Waals surface area contributed by atoms with E-state index in [1.54, 1.807) is 14.2 Å². The maximum Gasteiger partial charge on any atom is 0.191 e. The second kappa shape index (κ2) is 17.9. The first kappa shape index (κ1) is 42.5. The van der Waals surface area contributed by atoms with Gasteiger partial charge in [-0.2, -0.15) is 0 Å². The average Bonchev–Trinajstić information content (AvgIpc) is 3.58. The van der Waals surface area contributed by atoms with Crippen LogP contribution in [0.3, 0.4) is 0 Å². The molecule has 3 N–H and O–H groups in total. The second-order valence-electron chi connectivity index (χ2n) is 17.8. The summed E-state index contributed by atoms with van der Waals surface area (Å²) in [5.74, 6) is 5.38. The molecule has 2 aromatic rings. The van der Waals surface area contributed by atoms with E-state index in [0.717, 1.165) is 75.9 Å². The van der Waals surface area contributed by atoms with Crippen LogP contribution in [0.25, 0.3) is 0 Å². The Bertz CT molecular complexity index is 1470. The van der Waals surface area contributed by atoms with Crippen molar-refractivity contribution < 1.29 is 34.0 Å². The molecule has 1 unspecified atom stereocenters. The number of ketones is 1. The Morgan fingerprint density at radius 2 is 1.42 bits per heavy atom. The Morgan fingerprint density at radius 3 is 1.98 bits per heavy atom. The summed E-state index contributed by atoms with van der Waals surface area (Å²) in [6.45, 7) is 14.4. The molecule has 0 heterocycles. The average molecular weight is 739 g/mol. The summed E-state index contributed by atoms with van der Waals surface area (Å²) in [5.41, 5.74) is 5.36. The Kier molecular flexibility index (Phi) is 14.7. The van der Waals surface area contributed by atoms with E-state index in [9.17, 15) is 15.0 Å². The summed E-state index contributed by atoms with van der Waals surface area (Å²) in [7, 11) is 1.76. The lowest BCUT2D eigenvalue weighted by molar-refractivity contribution is -0.121. The molecule has 2 fully saturated rings. The number of hydrogen-bond acceptors (Lipinski definition) is 7. The van der Waals surface area contributed by atoms with E-state index in [2.05, 4.69) is 65.1 Å². The number of hydrogen-bond donors (Lipinski definition) is 3. The van der Waals surface area contributed by atoms with Crippen LogP contribution in [0.5, 0.6) is 11.5 Å². The van der Waals surface area contributed by atoms with E-state index in [1.807, 2.05) is 12.1 Å². The summed E-state index contributed by atoms with van der Waals surface area (Å²) in [5, 5.41) is 29.2. The molecule has 0 spiro atoms. The van der Waals surface area contributed by atoms with Crippen LogP contribution >= 0.6 is 0 Å². The molecule has 7 nitrogen and oxygen atoms in total. The minimum atomic E-state index is -1.70.